The van der Waals surface area contributed by atoms with Gasteiger partial charge in [-0.05, 0) is 25.1 Å². The van der Waals surface area contributed by atoms with Gasteiger partial charge in [0.05, 0.1) is 10.7 Å². The first kappa shape index (κ1) is 8.73. The summed E-state index contributed by atoms with van der Waals surface area (Å²) < 4.78 is 10.6. The second-order valence-electron chi connectivity index (χ2n) is 3.32. The fourth-order valence-corrected chi connectivity index (χ4v) is 2.17. The lowest BCUT2D eigenvalue weighted by molar-refractivity contribution is 0.174. The van der Waals surface area contributed by atoms with Crippen LogP contribution in [-0.2, 0) is 0 Å². The van der Waals surface area contributed by atoms with Gasteiger partial charge in [0.15, 0.2) is 11.5 Å². The van der Waals surface area contributed by atoms with Gasteiger partial charge in [-0.1, -0.05) is 0 Å². The summed E-state index contributed by atoms with van der Waals surface area (Å²) in [6, 6.07) is 5.89. The Kier molecular flexibility index (Phi) is 1.89. The topological polar surface area (TPSA) is 31.4 Å². The van der Waals surface area contributed by atoms with E-state index in [1.54, 1.807) is 11.3 Å². The Morgan fingerprint density at radius 1 is 1.27 bits per heavy atom. The first-order valence-electron chi connectivity index (χ1n) is 4.65. The molecule has 2 aromatic rings. The molecule has 0 spiro atoms. The highest BCUT2D eigenvalue weighted by Crippen LogP contribution is 2.35. The lowest BCUT2D eigenvalue weighted by Gasteiger charge is -1.99. The summed E-state index contributed by atoms with van der Waals surface area (Å²) in [7, 11) is 0. The zero-order valence-electron chi connectivity index (χ0n) is 8.19. The van der Waals surface area contributed by atoms with E-state index in [1.807, 2.05) is 30.5 Å². The van der Waals surface area contributed by atoms with Crippen molar-refractivity contribution in [1.29, 1.82) is 0 Å². The molecule has 76 valence electrons. The molecule has 0 aliphatic carbocycles. The molecular formula is C11H9NO2S. The highest BCUT2D eigenvalue weighted by molar-refractivity contribution is 7.09. The molecule has 15 heavy (non-hydrogen) atoms. The van der Waals surface area contributed by atoms with E-state index in [2.05, 4.69) is 4.98 Å². The average Bonchev–Trinajstić information content (AvgIpc) is 2.84. The molecule has 1 aromatic carbocycles. The van der Waals surface area contributed by atoms with Crippen LogP contribution in [0.4, 0.5) is 0 Å². The number of aromatic nitrogens is 1. The van der Waals surface area contributed by atoms with Gasteiger partial charge in [-0.3, -0.25) is 0 Å². The monoisotopic (exact) mass is 219 g/mol. The molecule has 0 N–H and O–H groups in total. The molecule has 1 aliphatic heterocycles. The van der Waals surface area contributed by atoms with Crippen LogP contribution in [0, 0.1) is 6.92 Å². The summed E-state index contributed by atoms with van der Waals surface area (Å²) in [5.74, 6) is 1.61. The molecule has 3 rings (SSSR count). The minimum absolute atomic E-state index is 0.314. The van der Waals surface area contributed by atoms with Gasteiger partial charge in [0.25, 0.3) is 0 Å². The lowest BCUT2D eigenvalue weighted by atomic mass is 10.1. The van der Waals surface area contributed by atoms with Crippen molar-refractivity contribution in [3.05, 3.63) is 28.6 Å². The van der Waals surface area contributed by atoms with Gasteiger partial charge in [-0.25, -0.2) is 4.98 Å². The average molecular weight is 219 g/mol. The molecule has 0 saturated carbocycles. The maximum Gasteiger partial charge on any atom is 0.231 e. The van der Waals surface area contributed by atoms with Crippen LogP contribution in [-0.4, -0.2) is 11.8 Å². The number of aryl methyl sites for hydroxylation is 1. The summed E-state index contributed by atoms with van der Waals surface area (Å²) in [6.07, 6.45) is 0. The van der Waals surface area contributed by atoms with Crippen LogP contribution in [0.1, 0.15) is 5.01 Å². The zero-order chi connectivity index (χ0) is 10.3. The van der Waals surface area contributed by atoms with Gasteiger partial charge >= 0.3 is 0 Å². The molecular weight excluding hydrogens is 210 g/mol. The van der Waals surface area contributed by atoms with Crippen LogP contribution >= 0.6 is 11.3 Å². The Bertz CT molecular complexity index is 507. The number of hydrogen-bond donors (Lipinski definition) is 0. The van der Waals surface area contributed by atoms with Crippen molar-refractivity contribution in [2.75, 3.05) is 6.79 Å². The molecule has 0 saturated heterocycles. The maximum atomic E-state index is 5.32. The fraction of sp³-hybridized carbons (Fsp3) is 0.182. The van der Waals surface area contributed by atoms with Gasteiger partial charge in [0, 0.05) is 10.9 Å². The van der Waals surface area contributed by atoms with E-state index in [4.69, 9.17) is 9.47 Å². The molecule has 0 radical (unpaired) electrons. The van der Waals surface area contributed by atoms with E-state index in [0.717, 1.165) is 27.8 Å². The van der Waals surface area contributed by atoms with Gasteiger partial charge < -0.3 is 9.47 Å². The molecule has 0 atom stereocenters. The minimum atomic E-state index is 0.314. The molecule has 0 bridgehead atoms. The SMILES string of the molecule is Cc1nc(-c2ccc3c(c2)OCO3)cs1. The van der Waals surface area contributed by atoms with E-state index in [0.29, 0.717) is 6.79 Å². The predicted molar refractivity (Wildman–Crippen MR) is 58.4 cm³/mol. The third-order valence-corrected chi connectivity index (χ3v) is 3.06. The largest absolute Gasteiger partial charge is 0.454 e. The number of rotatable bonds is 1. The number of thiazole rings is 1. The Hall–Kier alpha value is -1.55. The summed E-state index contributed by atoms with van der Waals surface area (Å²) >= 11 is 1.65. The predicted octanol–water partition coefficient (Wildman–Crippen LogP) is 2.85. The smallest absolute Gasteiger partial charge is 0.231 e. The third kappa shape index (κ3) is 1.47. The normalized spacial score (nSPS) is 13.1. The van der Waals surface area contributed by atoms with Gasteiger partial charge in [-0.15, -0.1) is 11.3 Å². The molecule has 0 amide bonds. The van der Waals surface area contributed by atoms with Crippen LogP contribution in [0.3, 0.4) is 0 Å². The second-order valence-corrected chi connectivity index (χ2v) is 4.38. The third-order valence-electron chi connectivity index (χ3n) is 2.29. The number of ether oxygens (including phenoxy) is 2. The number of fused-ring (bicyclic) bond motifs is 1. The van der Waals surface area contributed by atoms with Crippen LogP contribution < -0.4 is 9.47 Å². The van der Waals surface area contributed by atoms with Crippen molar-refractivity contribution in [2.45, 2.75) is 6.92 Å². The summed E-state index contributed by atoms with van der Waals surface area (Å²) in [5, 5.41) is 3.12. The van der Waals surface area contributed by atoms with Crippen LogP contribution in [0.15, 0.2) is 23.6 Å². The van der Waals surface area contributed by atoms with Crippen molar-refractivity contribution < 1.29 is 9.47 Å². The Morgan fingerprint density at radius 2 is 2.13 bits per heavy atom. The van der Waals surface area contributed by atoms with Gasteiger partial charge in [0.1, 0.15) is 0 Å². The lowest BCUT2D eigenvalue weighted by Crippen LogP contribution is -1.92. The van der Waals surface area contributed by atoms with E-state index in [9.17, 15) is 0 Å². The second kappa shape index (κ2) is 3.24. The molecule has 2 heterocycles. The summed E-state index contributed by atoms with van der Waals surface area (Å²) in [6.45, 7) is 2.32. The number of hydrogen-bond acceptors (Lipinski definition) is 4. The molecule has 0 unspecified atom stereocenters. The van der Waals surface area contributed by atoms with Gasteiger partial charge in [-0.2, -0.15) is 0 Å². The van der Waals surface area contributed by atoms with Crippen molar-refractivity contribution in [3.63, 3.8) is 0 Å². The van der Waals surface area contributed by atoms with E-state index >= 15 is 0 Å². The van der Waals surface area contributed by atoms with Crippen molar-refractivity contribution in [2.24, 2.45) is 0 Å². The Morgan fingerprint density at radius 3 is 2.93 bits per heavy atom. The quantitative estimate of drug-likeness (QED) is 0.739. The Labute approximate surface area is 91.3 Å². The highest BCUT2D eigenvalue weighted by atomic mass is 32.1. The van der Waals surface area contributed by atoms with Crippen LogP contribution in [0.2, 0.25) is 0 Å². The molecule has 1 aliphatic rings. The summed E-state index contributed by atoms with van der Waals surface area (Å²) in [5.41, 5.74) is 2.07. The van der Waals surface area contributed by atoms with E-state index in [1.165, 1.54) is 0 Å². The van der Waals surface area contributed by atoms with Crippen LogP contribution in [0.25, 0.3) is 11.3 Å². The number of nitrogens with zero attached hydrogens (tertiary/aromatic N) is 1. The van der Waals surface area contributed by atoms with E-state index < -0.39 is 0 Å². The molecule has 4 heteroatoms. The van der Waals surface area contributed by atoms with Crippen molar-refractivity contribution >= 4 is 11.3 Å². The standard InChI is InChI=1S/C11H9NO2S/c1-7-12-9(5-15-7)8-2-3-10-11(4-8)14-6-13-10/h2-5H,6H2,1H3. The first-order chi connectivity index (χ1) is 7.33. The number of benzene rings is 1. The zero-order valence-corrected chi connectivity index (χ0v) is 9.00. The fourth-order valence-electron chi connectivity index (χ4n) is 1.55. The van der Waals surface area contributed by atoms with Crippen LogP contribution in [0.5, 0.6) is 11.5 Å². The summed E-state index contributed by atoms with van der Waals surface area (Å²) in [4.78, 5) is 4.43. The maximum absolute atomic E-state index is 5.32. The Balaban J connectivity index is 2.06. The molecule has 0 fully saturated rings. The highest BCUT2D eigenvalue weighted by Gasteiger charge is 2.14. The first-order valence-corrected chi connectivity index (χ1v) is 5.53. The minimum Gasteiger partial charge on any atom is -0.454 e. The van der Waals surface area contributed by atoms with E-state index in [-0.39, 0.29) is 0 Å². The molecule has 3 nitrogen and oxygen atoms in total. The van der Waals surface area contributed by atoms with Crippen molar-refractivity contribution in [3.8, 4) is 22.8 Å². The molecule has 1 aromatic heterocycles. The van der Waals surface area contributed by atoms with Gasteiger partial charge in [0.2, 0.25) is 6.79 Å². The van der Waals surface area contributed by atoms with Crippen molar-refractivity contribution in [1.82, 2.24) is 4.98 Å².